The summed E-state index contributed by atoms with van der Waals surface area (Å²) in [6, 6.07) is 4.55. The Kier molecular flexibility index (Phi) is 5.10. The Labute approximate surface area is 69.8 Å². The molecule has 0 N–H and O–H groups in total. The third-order valence-corrected chi connectivity index (χ3v) is 0.836. The van der Waals surface area contributed by atoms with Crippen LogP contribution in [0.3, 0.4) is 0 Å². The lowest BCUT2D eigenvalue weighted by Gasteiger charge is -1.86. The predicted molar refractivity (Wildman–Crippen MR) is 45.8 cm³/mol. The first kappa shape index (κ1) is 9.90. The number of thiol groups is 1. The van der Waals surface area contributed by atoms with E-state index in [0.717, 1.165) is 0 Å². The quantitative estimate of drug-likeness (QED) is 0.397. The van der Waals surface area contributed by atoms with Crippen LogP contribution in [0.4, 0.5) is 5.82 Å². The molecular weight excluding hydrogens is 164 g/mol. The zero-order valence-electron chi connectivity index (χ0n) is 5.97. The van der Waals surface area contributed by atoms with Crippen LogP contribution in [0.2, 0.25) is 0 Å². The van der Waals surface area contributed by atoms with E-state index in [4.69, 9.17) is 0 Å². The summed E-state index contributed by atoms with van der Waals surface area (Å²) in [6.07, 6.45) is 3.08. The number of nitrogens with zero attached hydrogens (tertiary/aromatic N) is 2. The standard InChI is InChI=1S/C5H4N2O2.CH4S/c8-7(9)5-3-1-2-4-6-5;1-2/h1-4H;2H,1H3. The SMILES string of the molecule is CS.O=[N+]([O-])c1ccccn1. The lowest BCUT2D eigenvalue weighted by molar-refractivity contribution is -0.389. The molecule has 0 unspecified atom stereocenters. The molecule has 0 aliphatic heterocycles. The van der Waals surface area contributed by atoms with E-state index < -0.39 is 4.92 Å². The molecule has 0 bridgehead atoms. The van der Waals surface area contributed by atoms with E-state index >= 15 is 0 Å². The van der Waals surface area contributed by atoms with Gasteiger partial charge in [-0.25, -0.2) is 0 Å². The summed E-state index contributed by atoms with van der Waals surface area (Å²) in [5.74, 6) is -0.113. The maximum Gasteiger partial charge on any atom is 0.363 e. The molecule has 1 aromatic heterocycles. The third-order valence-electron chi connectivity index (χ3n) is 0.836. The minimum absolute atomic E-state index is 0.113. The molecule has 1 heterocycles. The fourth-order valence-corrected chi connectivity index (χ4v) is 0.462. The molecule has 0 radical (unpaired) electrons. The molecule has 0 atom stereocenters. The van der Waals surface area contributed by atoms with Gasteiger partial charge in [0.2, 0.25) is 0 Å². The lowest BCUT2D eigenvalue weighted by Crippen LogP contribution is -1.88. The van der Waals surface area contributed by atoms with Gasteiger partial charge < -0.3 is 10.1 Å². The second-order valence-electron chi connectivity index (χ2n) is 1.45. The van der Waals surface area contributed by atoms with Gasteiger partial charge in [-0.3, -0.25) is 0 Å². The molecular formula is C6H8N2O2S. The van der Waals surface area contributed by atoms with Gasteiger partial charge in [-0.2, -0.15) is 12.6 Å². The molecule has 0 aliphatic carbocycles. The Morgan fingerprint density at radius 2 is 2.18 bits per heavy atom. The van der Waals surface area contributed by atoms with Crippen molar-refractivity contribution < 1.29 is 4.92 Å². The molecule has 0 amide bonds. The molecule has 60 valence electrons. The number of aromatic nitrogens is 1. The van der Waals surface area contributed by atoms with E-state index in [-0.39, 0.29) is 5.82 Å². The normalized spacial score (nSPS) is 7.82. The van der Waals surface area contributed by atoms with Crippen LogP contribution in [0.15, 0.2) is 24.4 Å². The number of nitro groups is 1. The van der Waals surface area contributed by atoms with Gasteiger partial charge in [0.1, 0.15) is 6.20 Å². The molecule has 1 aromatic rings. The van der Waals surface area contributed by atoms with Crippen molar-refractivity contribution in [1.29, 1.82) is 0 Å². The van der Waals surface area contributed by atoms with Crippen LogP contribution >= 0.6 is 12.6 Å². The van der Waals surface area contributed by atoms with Crippen molar-refractivity contribution in [1.82, 2.24) is 4.98 Å². The second-order valence-corrected chi connectivity index (χ2v) is 1.45. The highest BCUT2D eigenvalue weighted by atomic mass is 32.1. The van der Waals surface area contributed by atoms with Gasteiger partial charge in [0.25, 0.3) is 0 Å². The van der Waals surface area contributed by atoms with Crippen LogP contribution < -0.4 is 0 Å². The highest BCUT2D eigenvalue weighted by Crippen LogP contribution is 2.01. The van der Waals surface area contributed by atoms with Gasteiger partial charge in [0.15, 0.2) is 0 Å². The maximum atomic E-state index is 9.94. The van der Waals surface area contributed by atoms with Gasteiger partial charge in [-0.15, -0.1) is 0 Å². The number of hydrogen-bond donors (Lipinski definition) is 1. The van der Waals surface area contributed by atoms with Gasteiger partial charge in [0, 0.05) is 6.07 Å². The minimum Gasteiger partial charge on any atom is -0.358 e. The van der Waals surface area contributed by atoms with Crippen LogP contribution in [-0.2, 0) is 0 Å². The number of rotatable bonds is 1. The van der Waals surface area contributed by atoms with Crippen LogP contribution in [0.5, 0.6) is 0 Å². The smallest absolute Gasteiger partial charge is 0.358 e. The van der Waals surface area contributed by atoms with Gasteiger partial charge in [0.05, 0.1) is 0 Å². The molecule has 0 saturated heterocycles. The highest BCUT2D eigenvalue weighted by molar-refractivity contribution is 7.79. The van der Waals surface area contributed by atoms with Gasteiger partial charge in [-0.05, 0) is 22.2 Å². The van der Waals surface area contributed by atoms with Crippen LogP contribution in [0.1, 0.15) is 0 Å². The highest BCUT2D eigenvalue weighted by Gasteiger charge is 2.00. The van der Waals surface area contributed by atoms with Crippen LogP contribution in [-0.4, -0.2) is 16.2 Å². The summed E-state index contributed by atoms with van der Waals surface area (Å²) >= 11 is 3.53. The van der Waals surface area contributed by atoms with E-state index in [1.54, 1.807) is 18.4 Å². The molecule has 0 spiro atoms. The second kappa shape index (κ2) is 5.67. The minimum atomic E-state index is -0.528. The molecule has 4 nitrogen and oxygen atoms in total. The Morgan fingerprint density at radius 1 is 1.55 bits per heavy atom. The Balaban J connectivity index is 0.000000461. The van der Waals surface area contributed by atoms with Crippen molar-refractivity contribution in [3.63, 3.8) is 0 Å². The summed E-state index contributed by atoms with van der Waals surface area (Å²) in [5, 5.41) is 9.94. The number of pyridine rings is 1. The van der Waals surface area contributed by atoms with E-state index in [1.807, 2.05) is 0 Å². The molecule has 1 rings (SSSR count). The van der Waals surface area contributed by atoms with Gasteiger partial charge in [-0.1, -0.05) is 6.07 Å². The zero-order valence-corrected chi connectivity index (χ0v) is 6.86. The first-order valence-electron chi connectivity index (χ1n) is 2.81. The van der Waals surface area contributed by atoms with Crippen LogP contribution in [0, 0.1) is 10.1 Å². The first-order valence-corrected chi connectivity index (χ1v) is 3.70. The van der Waals surface area contributed by atoms with Crippen molar-refractivity contribution in [3.05, 3.63) is 34.5 Å². The molecule has 0 aliphatic rings. The van der Waals surface area contributed by atoms with E-state index in [1.165, 1.54) is 12.3 Å². The number of hydrogen-bond acceptors (Lipinski definition) is 4. The zero-order chi connectivity index (χ0) is 8.69. The summed E-state index contributed by atoms with van der Waals surface area (Å²) in [4.78, 5) is 12.9. The maximum absolute atomic E-state index is 9.94. The van der Waals surface area contributed by atoms with Gasteiger partial charge >= 0.3 is 5.82 Å². The van der Waals surface area contributed by atoms with Crippen molar-refractivity contribution in [2.24, 2.45) is 0 Å². The lowest BCUT2D eigenvalue weighted by atomic mass is 10.5. The van der Waals surface area contributed by atoms with Crippen molar-refractivity contribution >= 4 is 18.4 Å². The summed E-state index contributed by atoms with van der Waals surface area (Å²) in [5.41, 5.74) is 0. The fourth-order valence-electron chi connectivity index (χ4n) is 0.462. The summed E-state index contributed by atoms with van der Waals surface area (Å²) in [7, 11) is 0. The van der Waals surface area contributed by atoms with Crippen molar-refractivity contribution in [2.75, 3.05) is 6.26 Å². The van der Waals surface area contributed by atoms with Crippen molar-refractivity contribution in [3.8, 4) is 0 Å². The average Bonchev–Trinajstić information content (AvgIpc) is 2.10. The predicted octanol–water partition coefficient (Wildman–Crippen LogP) is 1.54. The molecule has 5 heteroatoms. The van der Waals surface area contributed by atoms with E-state index in [2.05, 4.69) is 17.6 Å². The monoisotopic (exact) mass is 172 g/mol. The van der Waals surface area contributed by atoms with Crippen molar-refractivity contribution in [2.45, 2.75) is 0 Å². The Hall–Kier alpha value is -1.10. The van der Waals surface area contributed by atoms with E-state index in [9.17, 15) is 10.1 Å². The fraction of sp³-hybridized carbons (Fsp3) is 0.167. The first-order chi connectivity index (χ1) is 5.30. The van der Waals surface area contributed by atoms with Crippen LogP contribution in [0.25, 0.3) is 0 Å². The third kappa shape index (κ3) is 3.57. The average molecular weight is 172 g/mol. The molecule has 11 heavy (non-hydrogen) atoms. The summed E-state index contributed by atoms with van der Waals surface area (Å²) < 4.78 is 0. The van der Waals surface area contributed by atoms with E-state index in [0.29, 0.717) is 0 Å². The molecule has 0 saturated carbocycles. The molecule has 0 aromatic carbocycles. The Bertz CT molecular complexity index is 215. The summed E-state index contributed by atoms with van der Waals surface area (Å²) in [6.45, 7) is 0. The molecule has 0 fully saturated rings. The largest absolute Gasteiger partial charge is 0.363 e. The topological polar surface area (TPSA) is 56.0 Å². The Morgan fingerprint density at radius 3 is 2.45 bits per heavy atom.